The normalized spacial score (nSPS) is 10.9. The molecular weight excluding hydrogens is 262 g/mol. The van der Waals surface area contributed by atoms with Crippen LogP contribution in [0.4, 0.5) is 0 Å². The van der Waals surface area contributed by atoms with E-state index in [1.165, 1.54) is 11.1 Å². The first-order valence-corrected chi connectivity index (χ1v) is 7.51. The monoisotopic (exact) mass is 287 g/mol. The van der Waals surface area contributed by atoms with Crippen molar-refractivity contribution in [1.29, 1.82) is 0 Å². The lowest BCUT2D eigenvalue weighted by molar-refractivity contribution is 0.421. The fourth-order valence-corrected chi connectivity index (χ4v) is 2.34. The topological polar surface area (TPSA) is 39.1 Å². The molecule has 0 aliphatic heterocycles. The SMILES string of the molecule is CCCNCc1c(C)nn(C)c1Oc1cccc(C)c1C. The molecule has 1 aromatic heterocycles. The van der Waals surface area contributed by atoms with Crippen molar-refractivity contribution in [1.82, 2.24) is 15.1 Å². The molecule has 0 saturated heterocycles. The van der Waals surface area contributed by atoms with Crippen molar-refractivity contribution in [2.45, 2.75) is 40.7 Å². The van der Waals surface area contributed by atoms with Gasteiger partial charge in [0.25, 0.3) is 0 Å². The maximum Gasteiger partial charge on any atom is 0.222 e. The first kappa shape index (κ1) is 15.6. The van der Waals surface area contributed by atoms with Gasteiger partial charge in [-0.05, 0) is 50.9 Å². The average molecular weight is 287 g/mol. The second kappa shape index (κ2) is 6.76. The molecule has 0 aliphatic carbocycles. The second-order valence-electron chi connectivity index (χ2n) is 5.47. The number of hydrogen-bond donors (Lipinski definition) is 1. The first-order valence-electron chi connectivity index (χ1n) is 7.51. The molecule has 0 aliphatic rings. The summed E-state index contributed by atoms with van der Waals surface area (Å²) in [5, 5.41) is 7.91. The molecule has 0 fully saturated rings. The minimum atomic E-state index is 0.785. The summed E-state index contributed by atoms with van der Waals surface area (Å²) in [6.07, 6.45) is 1.12. The fourth-order valence-electron chi connectivity index (χ4n) is 2.34. The summed E-state index contributed by atoms with van der Waals surface area (Å²) in [6.45, 7) is 10.2. The van der Waals surface area contributed by atoms with Crippen LogP contribution in [-0.2, 0) is 13.6 Å². The van der Waals surface area contributed by atoms with Gasteiger partial charge >= 0.3 is 0 Å². The molecule has 21 heavy (non-hydrogen) atoms. The molecule has 0 amide bonds. The van der Waals surface area contributed by atoms with Crippen molar-refractivity contribution in [2.24, 2.45) is 7.05 Å². The van der Waals surface area contributed by atoms with Crippen LogP contribution in [0.15, 0.2) is 18.2 Å². The Labute approximate surface area is 127 Å². The Balaban J connectivity index is 2.28. The Kier molecular flexibility index (Phi) is 5.02. The van der Waals surface area contributed by atoms with Crippen LogP contribution in [0.2, 0.25) is 0 Å². The molecule has 4 nitrogen and oxygen atoms in total. The highest BCUT2D eigenvalue weighted by molar-refractivity contribution is 5.42. The van der Waals surface area contributed by atoms with Crippen molar-refractivity contribution in [3.05, 3.63) is 40.6 Å². The van der Waals surface area contributed by atoms with E-state index < -0.39 is 0 Å². The van der Waals surface area contributed by atoms with Crippen LogP contribution in [0.25, 0.3) is 0 Å². The fraction of sp³-hybridized carbons (Fsp3) is 0.471. The summed E-state index contributed by atoms with van der Waals surface area (Å²) in [5.41, 5.74) is 4.55. The Morgan fingerprint density at radius 2 is 2.00 bits per heavy atom. The van der Waals surface area contributed by atoms with E-state index in [-0.39, 0.29) is 0 Å². The van der Waals surface area contributed by atoms with Gasteiger partial charge in [0.05, 0.1) is 11.3 Å². The number of rotatable bonds is 6. The lowest BCUT2D eigenvalue weighted by atomic mass is 10.1. The van der Waals surface area contributed by atoms with Gasteiger partial charge in [-0.15, -0.1) is 0 Å². The van der Waals surface area contributed by atoms with Crippen molar-refractivity contribution in [3.63, 3.8) is 0 Å². The van der Waals surface area contributed by atoms with E-state index in [0.29, 0.717) is 0 Å². The molecule has 2 aromatic rings. The summed E-state index contributed by atoms with van der Waals surface area (Å²) in [7, 11) is 1.93. The number of ether oxygens (including phenoxy) is 1. The molecule has 0 bridgehead atoms. The van der Waals surface area contributed by atoms with E-state index in [4.69, 9.17) is 4.74 Å². The van der Waals surface area contributed by atoms with Crippen LogP contribution < -0.4 is 10.1 Å². The predicted octanol–water partition coefficient (Wildman–Crippen LogP) is 3.64. The Bertz CT molecular complexity index is 617. The smallest absolute Gasteiger partial charge is 0.222 e. The highest BCUT2D eigenvalue weighted by atomic mass is 16.5. The van der Waals surface area contributed by atoms with E-state index in [1.54, 1.807) is 0 Å². The summed E-state index contributed by atoms with van der Waals surface area (Å²) in [6, 6.07) is 6.13. The summed E-state index contributed by atoms with van der Waals surface area (Å²) >= 11 is 0. The molecule has 0 saturated carbocycles. The van der Waals surface area contributed by atoms with Gasteiger partial charge in [0.2, 0.25) is 5.88 Å². The quantitative estimate of drug-likeness (QED) is 0.824. The molecule has 1 heterocycles. The molecule has 1 aromatic carbocycles. The summed E-state index contributed by atoms with van der Waals surface area (Å²) in [5.74, 6) is 1.72. The standard InChI is InChI=1S/C17H25N3O/c1-6-10-18-11-15-14(4)19-20(5)17(15)21-16-9-7-8-12(2)13(16)3/h7-9,18H,6,10-11H2,1-5H3. The zero-order chi connectivity index (χ0) is 15.4. The van der Waals surface area contributed by atoms with Gasteiger partial charge in [0, 0.05) is 13.6 Å². The predicted molar refractivity (Wildman–Crippen MR) is 85.9 cm³/mol. The minimum Gasteiger partial charge on any atom is -0.439 e. The van der Waals surface area contributed by atoms with Gasteiger partial charge < -0.3 is 10.1 Å². The van der Waals surface area contributed by atoms with Gasteiger partial charge in [0.15, 0.2) is 0 Å². The number of aryl methyl sites for hydroxylation is 3. The molecule has 0 radical (unpaired) electrons. The van der Waals surface area contributed by atoms with Crippen LogP contribution in [0.1, 0.15) is 35.7 Å². The maximum atomic E-state index is 6.16. The van der Waals surface area contributed by atoms with Crippen LogP contribution in [0, 0.1) is 20.8 Å². The molecule has 4 heteroatoms. The Hall–Kier alpha value is -1.81. The van der Waals surface area contributed by atoms with Crippen molar-refractivity contribution in [3.8, 4) is 11.6 Å². The van der Waals surface area contributed by atoms with E-state index >= 15 is 0 Å². The number of benzene rings is 1. The van der Waals surface area contributed by atoms with Gasteiger partial charge in [-0.25, -0.2) is 4.68 Å². The highest BCUT2D eigenvalue weighted by Gasteiger charge is 2.16. The van der Waals surface area contributed by atoms with E-state index in [9.17, 15) is 0 Å². The molecule has 0 unspecified atom stereocenters. The first-order chi connectivity index (χ1) is 10.0. The van der Waals surface area contributed by atoms with Crippen LogP contribution >= 0.6 is 0 Å². The molecular formula is C17H25N3O. The molecule has 1 N–H and O–H groups in total. The van der Waals surface area contributed by atoms with Gasteiger partial charge in [-0.2, -0.15) is 5.10 Å². The van der Waals surface area contributed by atoms with Crippen LogP contribution in [0.3, 0.4) is 0 Å². The summed E-state index contributed by atoms with van der Waals surface area (Å²) < 4.78 is 7.98. The maximum absolute atomic E-state index is 6.16. The van der Waals surface area contributed by atoms with Gasteiger partial charge in [-0.1, -0.05) is 19.1 Å². The minimum absolute atomic E-state index is 0.785. The van der Waals surface area contributed by atoms with Crippen molar-refractivity contribution >= 4 is 0 Å². The van der Waals surface area contributed by atoms with Crippen molar-refractivity contribution in [2.75, 3.05) is 6.54 Å². The van der Waals surface area contributed by atoms with E-state index in [0.717, 1.165) is 42.4 Å². The third-order valence-electron chi connectivity index (χ3n) is 3.78. The third kappa shape index (κ3) is 3.45. The zero-order valence-corrected chi connectivity index (χ0v) is 13.7. The Morgan fingerprint density at radius 1 is 1.24 bits per heavy atom. The lowest BCUT2D eigenvalue weighted by Crippen LogP contribution is -2.14. The molecule has 2 rings (SSSR count). The van der Waals surface area contributed by atoms with Gasteiger partial charge in [-0.3, -0.25) is 0 Å². The van der Waals surface area contributed by atoms with Gasteiger partial charge in [0.1, 0.15) is 5.75 Å². The number of nitrogens with zero attached hydrogens (tertiary/aromatic N) is 2. The highest BCUT2D eigenvalue weighted by Crippen LogP contribution is 2.30. The summed E-state index contributed by atoms with van der Waals surface area (Å²) in [4.78, 5) is 0. The van der Waals surface area contributed by atoms with Crippen LogP contribution in [-0.4, -0.2) is 16.3 Å². The average Bonchev–Trinajstić information content (AvgIpc) is 2.71. The number of nitrogens with one attached hydrogen (secondary N) is 1. The number of hydrogen-bond acceptors (Lipinski definition) is 3. The molecule has 0 spiro atoms. The van der Waals surface area contributed by atoms with Crippen LogP contribution in [0.5, 0.6) is 11.6 Å². The molecule has 114 valence electrons. The largest absolute Gasteiger partial charge is 0.439 e. The van der Waals surface area contributed by atoms with E-state index in [1.807, 2.05) is 30.8 Å². The van der Waals surface area contributed by atoms with E-state index in [2.05, 4.69) is 37.3 Å². The zero-order valence-electron chi connectivity index (χ0n) is 13.7. The van der Waals surface area contributed by atoms with Crippen molar-refractivity contribution < 1.29 is 4.74 Å². The third-order valence-corrected chi connectivity index (χ3v) is 3.78. The lowest BCUT2D eigenvalue weighted by Gasteiger charge is -2.12. The Morgan fingerprint density at radius 3 is 2.71 bits per heavy atom. The second-order valence-corrected chi connectivity index (χ2v) is 5.47. The molecule has 0 atom stereocenters. The number of aromatic nitrogens is 2.